The van der Waals surface area contributed by atoms with E-state index in [4.69, 9.17) is 0 Å². The molecule has 3 nitrogen and oxygen atoms in total. The zero-order chi connectivity index (χ0) is 20.3. The number of aliphatic hydroxyl groups is 1. The maximum atomic E-state index is 13.4. The van der Waals surface area contributed by atoms with Crippen LogP contribution in [0.3, 0.4) is 0 Å². The van der Waals surface area contributed by atoms with Crippen LogP contribution >= 0.6 is 15.9 Å². The normalized spacial score (nSPS) is 14.7. The quantitative estimate of drug-likeness (QED) is 0.477. The lowest BCUT2D eigenvalue weighted by Crippen LogP contribution is -2.58. The summed E-state index contributed by atoms with van der Waals surface area (Å²) < 4.78 is 81.2. The molecule has 2 rings (SSSR count). The number of hydrogen-bond donors (Lipinski definition) is 2. The zero-order valence-corrected chi connectivity index (χ0v) is 15.1. The van der Waals surface area contributed by atoms with Gasteiger partial charge in [-0.05, 0) is 35.4 Å². The smallest absolute Gasteiger partial charge is 0.406 e. The van der Waals surface area contributed by atoms with Crippen LogP contribution in [0.2, 0.25) is 0 Å². The lowest BCUT2D eigenvalue weighted by atomic mass is 10.0. The monoisotopic (exact) mass is 457 g/mol. The first kappa shape index (κ1) is 21.5. The third-order valence-corrected chi connectivity index (χ3v) is 4.03. The molecule has 0 aliphatic heterocycles. The Morgan fingerprint density at radius 2 is 1.56 bits per heavy atom. The summed E-state index contributed by atoms with van der Waals surface area (Å²) in [6.45, 7) is -0.529. The van der Waals surface area contributed by atoms with Gasteiger partial charge in [-0.15, -0.1) is 13.2 Å². The van der Waals surface area contributed by atoms with Crippen LogP contribution < -0.4 is 10.1 Å². The summed E-state index contributed by atoms with van der Waals surface area (Å²) >= 11 is 3.14. The van der Waals surface area contributed by atoms with E-state index < -0.39 is 37.0 Å². The van der Waals surface area contributed by atoms with Gasteiger partial charge in [0.2, 0.25) is 5.72 Å². The number of alkyl halides is 6. The second-order valence-electron chi connectivity index (χ2n) is 5.71. The molecule has 0 heterocycles. The molecule has 0 radical (unpaired) electrons. The van der Waals surface area contributed by atoms with Crippen LogP contribution in [0, 0.1) is 0 Å². The van der Waals surface area contributed by atoms with E-state index in [1.165, 1.54) is 30.3 Å². The number of nitrogens with one attached hydrogen (secondary N) is 1. The molecule has 0 bridgehead atoms. The van der Waals surface area contributed by atoms with Crippen molar-refractivity contribution in [3.05, 3.63) is 64.1 Å². The van der Waals surface area contributed by atoms with Crippen LogP contribution in [0.1, 0.15) is 11.1 Å². The van der Waals surface area contributed by atoms with Crippen molar-refractivity contribution in [3.63, 3.8) is 0 Å². The average Bonchev–Trinajstić information content (AvgIpc) is 2.51. The molecule has 0 saturated carbocycles. The first-order valence-electron chi connectivity index (χ1n) is 7.51. The molecular formula is C17H14BrF6NO2. The largest absolute Gasteiger partial charge is 0.573 e. The van der Waals surface area contributed by atoms with Gasteiger partial charge in [-0.2, -0.15) is 13.2 Å². The van der Waals surface area contributed by atoms with E-state index in [2.05, 4.69) is 20.7 Å². The van der Waals surface area contributed by atoms with Crippen LogP contribution in [0.4, 0.5) is 26.3 Å². The van der Waals surface area contributed by atoms with Crippen molar-refractivity contribution in [1.82, 2.24) is 5.32 Å². The number of hydrogen-bond acceptors (Lipinski definition) is 3. The molecule has 0 saturated heterocycles. The first-order chi connectivity index (χ1) is 12.4. The summed E-state index contributed by atoms with van der Waals surface area (Å²) in [5.74, 6) is -0.565. The van der Waals surface area contributed by atoms with Gasteiger partial charge in [0.05, 0.1) is 0 Å². The van der Waals surface area contributed by atoms with Crippen molar-refractivity contribution >= 4 is 15.9 Å². The highest BCUT2D eigenvalue weighted by Gasteiger charge is 2.53. The van der Waals surface area contributed by atoms with E-state index in [-0.39, 0.29) is 11.1 Å². The van der Waals surface area contributed by atoms with Crippen LogP contribution in [0.25, 0.3) is 0 Å². The van der Waals surface area contributed by atoms with Crippen LogP contribution in [0.5, 0.6) is 5.75 Å². The summed E-state index contributed by atoms with van der Waals surface area (Å²) in [6, 6.07) is 10.5. The fourth-order valence-electron chi connectivity index (χ4n) is 2.31. The summed E-state index contributed by atoms with van der Waals surface area (Å²) in [6.07, 6.45) is -10.7. The van der Waals surface area contributed by atoms with E-state index in [1.54, 1.807) is 6.07 Å². The van der Waals surface area contributed by atoms with E-state index in [1.807, 2.05) is 5.32 Å². The maximum absolute atomic E-state index is 13.4. The molecule has 0 spiro atoms. The van der Waals surface area contributed by atoms with Crippen molar-refractivity contribution in [2.75, 3.05) is 0 Å². The molecule has 10 heteroatoms. The SMILES string of the molecule is OC(Cc1cccc(Br)c1)(NCc1cccc(OC(F)(F)F)c1)C(F)(F)F. The summed E-state index contributed by atoms with van der Waals surface area (Å²) in [7, 11) is 0. The highest BCUT2D eigenvalue weighted by atomic mass is 79.9. The van der Waals surface area contributed by atoms with Crippen molar-refractivity contribution in [2.45, 2.75) is 31.2 Å². The fourth-order valence-corrected chi connectivity index (χ4v) is 2.75. The lowest BCUT2D eigenvalue weighted by molar-refractivity contribution is -0.274. The first-order valence-corrected chi connectivity index (χ1v) is 8.30. The second-order valence-corrected chi connectivity index (χ2v) is 6.63. The Kier molecular flexibility index (Phi) is 6.43. The van der Waals surface area contributed by atoms with E-state index in [0.717, 1.165) is 12.1 Å². The Labute approximate surface area is 159 Å². The van der Waals surface area contributed by atoms with Gasteiger partial charge in [0.15, 0.2) is 0 Å². The van der Waals surface area contributed by atoms with Gasteiger partial charge in [-0.1, -0.05) is 40.2 Å². The Balaban J connectivity index is 2.16. The maximum Gasteiger partial charge on any atom is 0.573 e. The zero-order valence-electron chi connectivity index (χ0n) is 13.5. The molecule has 0 fully saturated rings. The highest BCUT2D eigenvalue weighted by molar-refractivity contribution is 9.10. The van der Waals surface area contributed by atoms with Gasteiger partial charge in [-0.3, -0.25) is 5.32 Å². The minimum Gasteiger partial charge on any atom is -0.406 e. The molecule has 2 aromatic carbocycles. The average molecular weight is 458 g/mol. The van der Waals surface area contributed by atoms with Crippen LogP contribution in [-0.4, -0.2) is 23.4 Å². The topological polar surface area (TPSA) is 41.5 Å². The second kappa shape index (κ2) is 8.07. The predicted octanol–water partition coefficient (Wildman–Crippen LogP) is 4.93. The van der Waals surface area contributed by atoms with Gasteiger partial charge in [0.1, 0.15) is 5.75 Å². The van der Waals surface area contributed by atoms with Gasteiger partial charge in [0, 0.05) is 17.4 Å². The molecule has 0 aliphatic rings. The Bertz CT molecular complexity index is 781. The Morgan fingerprint density at radius 1 is 0.926 bits per heavy atom. The molecule has 27 heavy (non-hydrogen) atoms. The molecule has 0 amide bonds. The molecular weight excluding hydrogens is 444 g/mol. The lowest BCUT2D eigenvalue weighted by Gasteiger charge is -2.32. The predicted molar refractivity (Wildman–Crippen MR) is 88.8 cm³/mol. The molecule has 0 aliphatic carbocycles. The van der Waals surface area contributed by atoms with E-state index >= 15 is 0 Å². The van der Waals surface area contributed by atoms with Gasteiger partial charge in [-0.25, -0.2) is 0 Å². The Hall–Kier alpha value is -1.78. The van der Waals surface area contributed by atoms with E-state index in [9.17, 15) is 31.4 Å². The van der Waals surface area contributed by atoms with Crippen molar-refractivity contribution in [3.8, 4) is 5.75 Å². The number of benzene rings is 2. The van der Waals surface area contributed by atoms with Crippen LogP contribution in [0.15, 0.2) is 53.0 Å². The molecule has 1 atom stereocenters. The number of ether oxygens (including phenoxy) is 1. The fraction of sp³-hybridized carbons (Fsp3) is 0.294. The molecule has 0 aromatic heterocycles. The molecule has 148 valence electrons. The van der Waals surface area contributed by atoms with Crippen molar-refractivity contribution in [1.29, 1.82) is 0 Å². The Morgan fingerprint density at radius 3 is 2.15 bits per heavy atom. The third kappa shape index (κ3) is 6.40. The van der Waals surface area contributed by atoms with Crippen LogP contribution in [-0.2, 0) is 13.0 Å². The van der Waals surface area contributed by atoms with E-state index in [0.29, 0.717) is 4.47 Å². The summed E-state index contributed by atoms with van der Waals surface area (Å²) in [4.78, 5) is 0. The van der Waals surface area contributed by atoms with Gasteiger partial charge >= 0.3 is 12.5 Å². The van der Waals surface area contributed by atoms with Gasteiger partial charge in [0.25, 0.3) is 0 Å². The van der Waals surface area contributed by atoms with Crippen molar-refractivity contribution in [2.24, 2.45) is 0 Å². The molecule has 1 unspecified atom stereocenters. The highest BCUT2D eigenvalue weighted by Crippen LogP contribution is 2.32. The minimum absolute atomic E-state index is 0.0775. The van der Waals surface area contributed by atoms with Gasteiger partial charge < -0.3 is 9.84 Å². The minimum atomic E-state index is -5.02. The third-order valence-electron chi connectivity index (χ3n) is 3.53. The number of rotatable bonds is 6. The summed E-state index contributed by atoms with van der Waals surface area (Å²) in [5, 5.41) is 12.1. The number of halogens is 7. The molecule has 2 aromatic rings. The summed E-state index contributed by atoms with van der Waals surface area (Å²) in [5.41, 5.74) is -2.98. The van der Waals surface area contributed by atoms with Crippen molar-refractivity contribution < 1.29 is 36.2 Å². The standard InChI is InChI=1S/C17H14BrF6NO2/c18-13-5-1-3-11(7-13)9-15(26,16(19,20)21)25-10-12-4-2-6-14(8-12)27-17(22,23)24/h1-8,25-26H,9-10H2. The molecule has 2 N–H and O–H groups in total.